The molecule has 1 fully saturated rings. The maximum Gasteiger partial charge on any atom is 0.446 e. The van der Waals surface area contributed by atoms with Crippen LogP contribution >= 0.6 is 11.8 Å². The first kappa shape index (κ1) is 24.2. The summed E-state index contributed by atoms with van der Waals surface area (Å²) in [5.41, 5.74) is 11.8. The van der Waals surface area contributed by atoms with Gasteiger partial charge in [0.2, 0.25) is 0 Å². The molecule has 10 heteroatoms. The van der Waals surface area contributed by atoms with Crippen LogP contribution in [-0.4, -0.2) is 34.2 Å². The van der Waals surface area contributed by atoms with E-state index < -0.39 is 11.0 Å². The minimum Gasteiger partial charge on any atom is -0.397 e. The van der Waals surface area contributed by atoms with Crippen molar-refractivity contribution in [2.24, 2.45) is 0 Å². The highest BCUT2D eigenvalue weighted by Crippen LogP contribution is 2.45. The summed E-state index contributed by atoms with van der Waals surface area (Å²) in [6.45, 7) is 5.37. The first-order valence-electron chi connectivity index (χ1n) is 10.9. The highest BCUT2D eigenvalue weighted by Gasteiger charge is 2.48. The molecule has 0 radical (unpaired) electrons. The summed E-state index contributed by atoms with van der Waals surface area (Å²) in [5, 5.41) is 3.71. The lowest BCUT2D eigenvalue weighted by atomic mass is 9.70. The number of hydrogen-bond acceptors (Lipinski definition) is 7. The number of halogens is 3. The van der Waals surface area contributed by atoms with Gasteiger partial charge in [-0.3, -0.25) is 15.3 Å². The number of hydrogen-bond donors (Lipinski definition) is 3. The number of pyridine rings is 2. The Labute approximate surface area is 201 Å². The van der Waals surface area contributed by atoms with Crippen molar-refractivity contribution in [2.45, 2.75) is 41.6 Å². The molecule has 34 heavy (non-hydrogen) atoms. The van der Waals surface area contributed by atoms with Gasteiger partial charge in [-0.05, 0) is 59.3 Å². The highest BCUT2D eigenvalue weighted by molar-refractivity contribution is 8.00. The number of anilines is 3. The zero-order valence-electron chi connectivity index (χ0n) is 18.9. The topological polar surface area (TPSA) is 93.1 Å². The molecule has 5 N–H and O–H groups in total. The molecule has 3 aromatic rings. The lowest BCUT2D eigenvalue weighted by Gasteiger charge is -2.42. The molecule has 0 bridgehead atoms. The third-order valence-electron chi connectivity index (χ3n) is 6.74. The smallest absolute Gasteiger partial charge is 0.397 e. The summed E-state index contributed by atoms with van der Waals surface area (Å²) in [4.78, 5) is 10.5. The number of aromatic nitrogens is 2. The van der Waals surface area contributed by atoms with Gasteiger partial charge in [-0.2, -0.15) is 13.2 Å². The normalized spacial score (nSPS) is 20.3. The molecule has 1 aliphatic rings. The van der Waals surface area contributed by atoms with Gasteiger partial charge in [0.15, 0.2) is 0 Å². The Balaban J connectivity index is 1.69. The van der Waals surface area contributed by atoms with Crippen molar-refractivity contribution in [3.63, 3.8) is 0 Å². The van der Waals surface area contributed by atoms with Gasteiger partial charge in [-0.1, -0.05) is 13.8 Å². The molecule has 180 valence electrons. The second-order valence-corrected chi connectivity index (χ2v) is 9.71. The van der Waals surface area contributed by atoms with E-state index >= 15 is 0 Å². The number of rotatable bonds is 6. The van der Waals surface area contributed by atoms with Gasteiger partial charge in [-0.15, -0.1) is 0 Å². The fraction of sp³-hybridized carbons (Fsp3) is 0.333. The van der Waals surface area contributed by atoms with Crippen LogP contribution in [0.4, 0.5) is 30.2 Å². The molecule has 1 saturated heterocycles. The molecule has 0 amide bonds. The number of nitrogens with zero attached hydrogens (tertiary/aromatic N) is 3. The summed E-state index contributed by atoms with van der Waals surface area (Å²) < 4.78 is 38.2. The third kappa shape index (κ3) is 4.78. The van der Waals surface area contributed by atoms with Crippen LogP contribution in [0.25, 0.3) is 0 Å². The summed E-state index contributed by atoms with van der Waals surface area (Å²) in [6.07, 6.45) is 6.75. The minimum absolute atomic E-state index is 0.0249. The van der Waals surface area contributed by atoms with E-state index in [0.29, 0.717) is 24.6 Å². The van der Waals surface area contributed by atoms with E-state index in [1.54, 1.807) is 36.9 Å². The van der Waals surface area contributed by atoms with Gasteiger partial charge in [0.1, 0.15) is 0 Å². The number of nitrogen functional groups attached to an aromatic ring is 2. The first-order chi connectivity index (χ1) is 16.1. The predicted molar refractivity (Wildman–Crippen MR) is 131 cm³/mol. The van der Waals surface area contributed by atoms with Gasteiger partial charge in [-0.25, -0.2) is 0 Å². The summed E-state index contributed by atoms with van der Waals surface area (Å²) in [5.74, 6) is -0.0498. The molecule has 1 aromatic carbocycles. The molecular formula is C24H27F3N6S. The lowest BCUT2D eigenvalue weighted by molar-refractivity contribution is -0.0328. The molecule has 2 aromatic heterocycles. The molecule has 2 unspecified atom stereocenters. The Morgan fingerprint density at radius 2 is 1.47 bits per heavy atom. The third-order valence-corrected chi connectivity index (χ3v) is 7.48. The maximum absolute atomic E-state index is 12.7. The largest absolute Gasteiger partial charge is 0.446 e. The van der Waals surface area contributed by atoms with Crippen molar-refractivity contribution >= 4 is 28.8 Å². The SMILES string of the molecule is CC(c1ccncc1N)C1(C(C)c2ccncc2N)CN(c2ccc(SC(F)(F)F)cc2)CN1. The lowest BCUT2D eigenvalue weighted by Crippen LogP contribution is -2.52. The molecule has 3 heterocycles. The van der Waals surface area contributed by atoms with E-state index in [1.165, 1.54) is 12.1 Å². The fourth-order valence-electron chi connectivity index (χ4n) is 4.84. The monoisotopic (exact) mass is 488 g/mol. The minimum atomic E-state index is -4.31. The van der Waals surface area contributed by atoms with Crippen LogP contribution in [0.2, 0.25) is 0 Å². The Hall–Kier alpha value is -2.98. The molecular weight excluding hydrogens is 461 g/mol. The molecule has 0 spiro atoms. The van der Waals surface area contributed by atoms with Crippen LogP contribution in [0, 0.1) is 0 Å². The van der Waals surface area contributed by atoms with E-state index in [2.05, 4.69) is 34.0 Å². The molecule has 2 atom stereocenters. The Morgan fingerprint density at radius 1 is 0.941 bits per heavy atom. The second kappa shape index (κ2) is 9.34. The van der Waals surface area contributed by atoms with Crippen molar-refractivity contribution in [3.05, 3.63) is 72.3 Å². The van der Waals surface area contributed by atoms with Crippen molar-refractivity contribution in [1.82, 2.24) is 15.3 Å². The van der Waals surface area contributed by atoms with E-state index in [0.717, 1.165) is 16.8 Å². The average Bonchev–Trinajstić information content (AvgIpc) is 3.25. The van der Waals surface area contributed by atoms with Gasteiger partial charge in [0.05, 0.1) is 36.0 Å². The van der Waals surface area contributed by atoms with Crippen molar-refractivity contribution in [1.29, 1.82) is 0 Å². The molecule has 1 aliphatic heterocycles. The van der Waals surface area contributed by atoms with Crippen LogP contribution in [0.1, 0.15) is 36.8 Å². The molecule has 0 saturated carbocycles. The molecule has 6 nitrogen and oxygen atoms in total. The second-order valence-electron chi connectivity index (χ2n) is 8.57. The Morgan fingerprint density at radius 3 is 1.94 bits per heavy atom. The summed E-state index contributed by atoms with van der Waals surface area (Å²) >= 11 is -0.114. The zero-order chi connectivity index (χ0) is 24.5. The van der Waals surface area contributed by atoms with E-state index in [9.17, 15) is 13.2 Å². The number of alkyl halides is 3. The van der Waals surface area contributed by atoms with Crippen LogP contribution in [0.15, 0.2) is 66.1 Å². The number of nitrogens with two attached hydrogens (primary N) is 2. The van der Waals surface area contributed by atoms with Crippen molar-refractivity contribution in [3.8, 4) is 0 Å². The number of thioether (sulfide) groups is 1. The Kier molecular flexibility index (Phi) is 6.64. The van der Waals surface area contributed by atoms with Gasteiger partial charge in [0, 0.05) is 41.4 Å². The standard InChI is InChI=1S/C24H27F3N6S/c1-15(19-7-9-30-11-21(19)28)23(16(2)20-8-10-31-12-22(20)29)13-33(14-32-23)17-3-5-18(6-4-17)34-24(25,26)27/h3-12,15-16,32H,13-14,28-29H2,1-2H3. The Bertz CT molecular complexity index is 1090. The molecule has 0 aliphatic carbocycles. The van der Waals surface area contributed by atoms with Crippen LogP contribution in [0.5, 0.6) is 0 Å². The highest BCUT2D eigenvalue weighted by atomic mass is 32.2. The zero-order valence-corrected chi connectivity index (χ0v) is 19.7. The van der Waals surface area contributed by atoms with Crippen LogP contribution in [0.3, 0.4) is 0 Å². The van der Waals surface area contributed by atoms with Crippen LogP contribution in [-0.2, 0) is 0 Å². The summed E-state index contributed by atoms with van der Waals surface area (Å²) in [6, 6.07) is 10.3. The maximum atomic E-state index is 12.7. The van der Waals surface area contributed by atoms with Crippen molar-refractivity contribution < 1.29 is 13.2 Å². The van der Waals surface area contributed by atoms with E-state index in [1.807, 2.05) is 12.1 Å². The van der Waals surface area contributed by atoms with Gasteiger partial charge < -0.3 is 16.4 Å². The molecule has 4 rings (SSSR count). The van der Waals surface area contributed by atoms with E-state index in [4.69, 9.17) is 11.5 Å². The van der Waals surface area contributed by atoms with Gasteiger partial charge >= 0.3 is 5.51 Å². The number of nitrogens with one attached hydrogen (secondary N) is 1. The number of benzene rings is 1. The average molecular weight is 489 g/mol. The quantitative estimate of drug-likeness (QED) is 0.422. The van der Waals surface area contributed by atoms with Gasteiger partial charge in [0.25, 0.3) is 0 Å². The van der Waals surface area contributed by atoms with Crippen LogP contribution < -0.4 is 21.7 Å². The fourth-order valence-corrected chi connectivity index (χ4v) is 5.38. The first-order valence-corrected chi connectivity index (χ1v) is 11.7. The summed E-state index contributed by atoms with van der Waals surface area (Å²) in [7, 11) is 0. The predicted octanol–water partition coefficient (Wildman–Crippen LogP) is 4.97. The van der Waals surface area contributed by atoms with E-state index in [-0.39, 0.29) is 28.5 Å². The van der Waals surface area contributed by atoms with Crippen molar-refractivity contribution in [2.75, 3.05) is 29.6 Å².